The summed E-state index contributed by atoms with van der Waals surface area (Å²) in [5, 5.41) is 0. The van der Waals surface area contributed by atoms with Gasteiger partial charge in [-0.3, -0.25) is 9.59 Å². The second-order valence-corrected chi connectivity index (χ2v) is 9.45. The average molecular weight is 449 g/mol. The Labute approximate surface area is 195 Å². The molecule has 1 aromatic heterocycles. The van der Waals surface area contributed by atoms with Crippen LogP contribution in [0.15, 0.2) is 24.4 Å². The molecule has 1 aromatic carbocycles. The molecule has 0 unspecified atom stereocenters. The van der Waals surface area contributed by atoms with Gasteiger partial charge in [-0.15, -0.1) is 0 Å². The van der Waals surface area contributed by atoms with E-state index in [-0.39, 0.29) is 17.7 Å². The monoisotopic (exact) mass is 448 g/mol. The first kappa shape index (κ1) is 21.9. The third kappa shape index (κ3) is 4.72. The van der Waals surface area contributed by atoms with Crippen molar-refractivity contribution < 1.29 is 14.3 Å². The van der Waals surface area contributed by atoms with Crippen LogP contribution in [-0.4, -0.2) is 64.4 Å². The summed E-state index contributed by atoms with van der Waals surface area (Å²) < 4.78 is 5.68. The maximum absolute atomic E-state index is 12.9. The van der Waals surface area contributed by atoms with E-state index in [4.69, 9.17) is 9.72 Å². The molecule has 0 bridgehead atoms. The maximum Gasteiger partial charge on any atom is 0.257 e. The molecule has 7 heteroatoms. The SMILES string of the molecule is Cc1nc(C2CCN(C(=O)Cc3ccc4c(c3)CCCO4)CC2)ncc1C(=O)N1CCCC1. The van der Waals surface area contributed by atoms with Crippen molar-refractivity contribution in [2.45, 2.75) is 57.8 Å². The summed E-state index contributed by atoms with van der Waals surface area (Å²) in [6, 6.07) is 6.14. The second kappa shape index (κ2) is 9.49. The van der Waals surface area contributed by atoms with E-state index in [1.807, 2.05) is 28.9 Å². The van der Waals surface area contributed by atoms with Crippen LogP contribution in [0.2, 0.25) is 0 Å². The van der Waals surface area contributed by atoms with Crippen LogP contribution in [0.3, 0.4) is 0 Å². The quantitative estimate of drug-likeness (QED) is 0.717. The lowest BCUT2D eigenvalue weighted by Crippen LogP contribution is -2.39. The van der Waals surface area contributed by atoms with Crippen LogP contribution in [-0.2, 0) is 17.6 Å². The molecule has 2 amide bonds. The van der Waals surface area contributed by atoms with Gasteiger partial charge in [-0.2, -0.15) is 0 Å². The molecule has 0 aliphatic carbocycles. The Morgan fingerprint density at radius 2 is 1.85 bits per heavy atom. The summed E-state index contributed by atoms with van der Waals surface area (Å²) in [7, 11) is 0. The van der Waals surface area contributed by atoms with Gasteiger partial charge in [0.2, 0.25) is 5.91 Å². The lowest BCUT2D eigenvalue weighted by molar-refractivity contribution is -0.131. The number of ether oxygens (including phenoxy) is 1. The van der Waals surface area contributed by atoms with Crippen LogP contribution < -0.4 is 4.74 Å². The van der Waals surface area contributed by atoms with E-state index >= 15 is 0 Å². The number of hydrogen-bond acceptors (Lipinski definition) is 5. The molecule has 2 aromatic rings. The lowest BCUT2D eigenvalue weighted by atomic mass is 9.95. The number of likely N-dealkylation sites (tertiary alicyclic amines) is 2. The van der Waals surface area contributed by atoms with Gasteiger partial charge in [0.15, 0.2) is 0 Å². The minimum atomic E-state index is 0.0470. The van der Waals surface area contributed by atoms with E-state index in [0.29, 0.717) is 25.1 Å². The molecule has 0 N–H and O–H groups in total. The van der Waals surface area contributed by atoms with Crippen molar-refractivity contribution in [2.24, 2.45) is 0 Å². The minimum absolute atomic E-state index is 0.0470. The van der Waals surface area contributed by atoms with Crippen molar-refractivity contribution in [3.63, 3.8) is 0 Å². The molecule has 0 atom stereocenters. The molecule has 5 rings (SSSR count). The lowest BCUT2D eigenvalue weighted by Gasteiger charge is -2.31. The highest BCUT2D eigenvalue weighted by atomic mass is 16.5. The first-order chi connectivity index (χ1) is 16.1. The number of hydrogen-bond donors (Lipinski definition) is 0. The topological polar surface area (TPSA) is 75.6 Å². The second-order valence-electron chi connectivity index (χ2n) is 9.45. The molecule has 0 radical (unpaired) electrons. The molecule has 3 aliphatic heterocycles. The zero-order valence-corrected chi connectivity index (χ0v) is 19.4. The normalized spacial score (nSPS) is 18.7. The standard InChI is InChI=1S/C26H32N4O3/c1-18-22(26(32)30-10-2-3-11-30)17-27-25(28-18)20-8-12-29(13-9-20)24(31)16-19-6-7-23-21(15-19)5-4-14-33-23/h6-7,15,17,20H,2-5,8-14,16H2,1H3. The third-order valence-electron chi connectivity index (χ3n) is 7.16. The van der Waals surface area contributed by atoms with Crippen LogP contribution >= 0.6 is 0 Å². The fourth-order valence-corrected chi connectivity index (χ4v) is 5.18. The van der Waals surface area contributed by atoms with Gasteiger partial charge in [-0.05, 0) is 62.6 Å². The molecular formula is C26H32N4O3. The molecule has 0 spiro atoms. The molecule has 174 valence electrons. The van der Waals surface area contributed by atoms with Gasteiger partial charge >= 0.3 is 0 Å². The predicted molar refractivity (Wildman–Crippen MR) is 124 cm³/mol. The number of rotatable bonds is 4. The number of carbonyl (C=O) groups is 2. The zero-order chi connectivity index (χ0) is 22.8. The molecule has 3 aliphatic rings. The summed E-state index contributed by atoms with van der Waals surface area (Å²) in [6.45, 7) is 5.76. The van der Waals surface area contributed by atoms with Crippen molar-refractivity contribution in [3.05, 3.63) is 52.6 Å². The zero-order valence-electron chi connectivity index (χ0n) is 19.4. The highest BCUT2D eigenvalue weighted by Crippen LogP contribution is 2.28. The number of carbonyl (C=O) groups excluding carboxylic acids is 2. The minimum Gasteiger partial charge on any atom is -0.493 e. The fraction of sp³-hybridized carbons (Fsp3) is 0.538. The molecule has 7 nitrogen and oxygen atoms in total. The summed E-state index contributed by atoms with van der Waals surface area (Å²) >= 11 is 0. The first-order valence-corrected chi connectivity index (χ1v) is 12.2. The van der Waals surface area contributed by atoms with E-state index in [0.717, 1.165) is 81.1 Å². The van der Waals surface area contributed by atoms with E-state index < -0.39 is 0 Å². The first-order valence-electron chi connectivity index (χ1n) is 12.2. The van der Waals surface area contributed by atoms with Gasteiger partial charge < -0.3 is 14.5 Å². The highest BCUT2D eigenvalue weighted by Gasteiger charge is 2.27. The number of benzene rings is 1. The van der Waals surface area contributed by atoms with Crippen LogP contribution in [0.25, 0.3) is 0 Å². The van der Waals surface area contributed by atoms with Crippen molar-refractivity contribution in [1.29, 1.82) is 0 Å². The largest absolute Gasteiger partial charge is 0.493 e. The van der Waals surface area contributed by atoms with E-state index in [2.05, 4.69) is 11.1 Å². The van der Waals surface area contributed by atoms with E-state index in [1.54, 1.807) is 6.20 Å². The summed E-state index contributed by atoms with van der Waals surface area (Å²) in [4.78, 5) is 38.7. The summed E-state index contributed by atoms with van der Waals surface area (Å²) in [5.41, 5.74) is 3.64. The molecule has 2 fully saturated rings. The smallest absolute Gasteiger partial charge is 0.257 e. The van der Waals surface area contributed by atoms with Crippen LogP contribution in [0, 0.1) is 6.92 Å². The molecule has 4 heterocycles. The Kier molecular flexibility index (Phi) is 6.29. The molecule has 2 saturated heterocycles. The van der Waals surface area contributed by atoms with Crippen molar-refractivity contribution in [1.82, 2.24) is 19.8 Å². The molecule has 0 saturated carbocycles. The van der Waals surface area contributed by atoms with Crippen LogP contribution in [0.4, 0.5) is 0 Å². The Bertz CT molecular complexity index is 1040. The average Bonchev–Trinajstić information content (AvgIpc) is 3.39. The Hall–Kier alpha value is -2.96. The number of nitrogens with zero attached hydrogens (tertiary/aromatic N) is 4. The third-order valence-corrected chi connectivity index (χ3v) is 7.16. The van der Waals surface area contributed by atoms with Crippen molar-refractivity contribution in [2.75, 3.05) is 32.8 Å². The van der Waals surface area contributed by atoms with Gasteiger partial charge in [-0.25, -0.2) is 9.97 Å². The van der Waals surface area contributed by atoms with E-state index in [9.17, 15) is 9.59 Å². The molecule has 33 heavy (non-hydrogen) atoms. The van der Waals surface area contributed by atoms with E-state index in [1.165, 1.54) is 5.56 Å². The predicted octanol–water partition coefficient (Wildman–Crippen LogP) is 3.29. The number of aryl methyl sites for hydroxylation is 2. The molecular weight excluding hydrogens is 416 g/mol. The van der Waals surface area contributed by atoms with Crippen LogP contribution in [0.1, 0.15) is 71.0 Å². The number of fused-ring (bicyclic) bond motifs is 1. The Morgan fingerprint density at radius 3 is 2.61 bits per heavy atom. The highest BCUT2D eigenvalue weighted by molar-refractivity contribution is 5.95. The summed E-state index contributed by atoms with van der Waals surface area (Å²) in [6.07, 6.45) is 8.03. The van der Waals surface area contributed by atoms with Gasteiger partial charge in [0, 0.05) is 38.3 Å². The van der Waals surface area contributed by atoms with Crippen molar-refractivity contribution >= 4 is 11.8 Å². The van der Waals surface area contributed by atoms with Crippen LogP contribution in [0.5, 0.6) is 5.75 Å². The fourth-order valence-electron chi connectivity index (χ4n) is 5.18. The van der Waals surface area contributed by atoms with Gasteiger partial charge in [0.25, 0.3) is 5.91 Å². The van der Waals surface area contributed by atoms with Gasteiger partial charge in [-0.1, -0.05) is 12.1 Å². The number of piperidine rings is 1. The Balaban J connectivity index is 1.17. The Morgan fingerprint density at radius 1 is 1.06 bits per heavy atom. The van der Waals surface area contributed by atoms with Gasteiger partial charge in [0.1, 0.15) is 11.6 Å². The van der Waals surface area contributed by atoms with Crippen molar-refractivity contribution in [3.8, 4) is 5.75 Å². The number of amides is 2. The summed E-state index contributed by atoms with van der Waals surface area (Å²) in [5.74, 6) is 2.21. The number of aromatic nitrogens is 2. The maximum atomic E-state index is 12.9. The van der Waals surface area contributed by atoms with Gasteiger partial charge in [0.05, 0.1) is 24.3 Å².